The third-order valence-corrected chi connectivity index (χ3v) is 3.96. The van der Waals surface area contributed by atoms with Crippen molar-refractivity contribution in [1.29, 1.82) is 0 Å². The number of hydrogen-bond acceptors (Lipinski definition) is 3. The van der Waals surface area contributed by atoms with Crippen LogP contribution in [0.3, 0.4) is 0 Å². The molecule has 136 valence electrons. The Morgan fingerprint density at radius 2 is 1.96 bits per heavy atom. The molecule has 0 bridgehead atoms. The first kappa shape index (κ1) is 18.1. The summed E-state index contributed by atoms with van der Waals surface area (Å²) >= 11 is 5.53. The zero-order valence-corrected chi connectivity index (χ0v) is 13.8. The minimum atomic E-state index is -4.64. The standard InChI is InChI=1S/C17H12ClF3N2O3/c18-11-6-5-9(7-10(11)17(19,20)21)22-15(24)8-14-16(25)23-12-3-1-2-4-13(12)26-14/h1-7,14H,8H2,(H,22,24)(H,23,25)/t14-/m0/s1. The third-order valence-electron chi connectivity index (χ3n) is 3.63. The van der Waals surface area contributed by atoms with Crippen molar-refractivity contribution in [2.45, 2.75) is 18.7 Å². The minimum Gasteiger partial charge on any atom is -0.478 e. The smallest absolute Gasteiger partial charge is 0.417 e. The number of halogens is 4. The first-order chi connectivity index (χ1) is 12.2. The van der Waals surface area contributed by atoms with E-state index in [9.17, 15) is 22.8 Å². The van der Waals surface area contributed by atoms with Crippen molar-refractivity contribution >= 4 is 34.8 Å². The Kier molecular flexibility index (Phi) is 4.78. The maximum atomic E-state index is 12.9. The first-order valence-electron chi connectivity index (χ1n) is 7.47. The third kappa shape index (κ3) is 3.91. The molecule has 1 heterocycles. The van der Waals surface area contributed by atoms with Gasteiger partial charge in [-0.05, 0) is 30.3 Å². The monoisotopic (exact) mass is 384 g/mol. The number of alkyl halides is 3. The highest BCUT2D eigenvalue weighted by Crippen LogP contribution is 2.36. The molecule has 9 heteroatoms. The van der Waals surface area contributed by atoms with Gasteiger partial charge in [-0.15, -0.1) is 0 Å². The molecule has 0 aliphatic carbocycles. The molecule has 1 aliphatic heterocycles. The molecule has 26 heavy (non-hydrogen) atoms. The van der Waals surface area contributed by atoms with Crippen molar-refractivity contribution in [2.24, 2.45) is 0 Å². The summed E-state index contributed by atoms with van der Waals surface area (Å²) in [5, 5.41) is 4.45. The van der Waals surface area contributed by atoms with Crippen molar-refractivity contribution in [3.63, 3.8) is 0 Å². The molecule has 3 rings (SSSR count). The average molecular weight is 385 g/mol. The van der Waals surface area contributed by atoms with E-state index in [2.05, 4.69) is 10.6 Å². The van der Waals surface area contributed by atoms with Gasteiger partial charge in [0.1, 0.15) is 5.75 Å². The number of amides is 2. The van der Waals surface area contributed by atoms with E-state index in [-0.39, 0.29) is 12.1 Å². The lowest BCUT2D eigenvalue weighted by atomic mass is 10.1. The summed E-state index contributed by atoms with van der Waals surface area (Å²) in [5.41, 5.74) is -0.650. The number of carbonyl (C=O) groups is 2. The lowest BCUT2D eigenvalue weighted by molar-refractivity contribution is -0.137. The number of hydrogen-bond donors (Lipinski definition) is 2. The van der Waals surface area contributed by atoms with Crippen molar-refractivity contribution < 1.29 is 27.5 Å². The fraction of sp³-hybridized carbons (Fsp3) is 0.176. The Morgan fingerprint density at radius 3 is 2.69 bits per heavy atom. The summed E-state index contributed by atoms with van der Waals surface area (Å²) in [5.74, 6) is -0.762. The molecule has 5 nitrogen and oxygen atoms in total. The van der Waals surface area contributed by atoms with Gasteiger partial charge in [-0.25, -0.2) is 0 Å². The molecule has 2 amide bonds. The molecular weight excluding hydrogens is 373 g/mol. The van der Waals surface area contributed by atoms with Gasteiger partial charge < -0.3 is 15.4 Å². The quantitative estimate of drug-likeness (QED) is 0.837. The first-order valence-corrected chi connectivity index (χ1v) is 7.85. The lowest BCUT2D eigenvalue weighted by Crippen LogP contribution is -2.39. The zero-order valence-electron chi connectivity index (χ0n) is 13.1. The van der Waals surface area contributed by atoms with Gasteiger partial charge in [0.25, 0.3) is 5.91 Å². The summed E-state index contributed by atoms with van der Waals surface area (Å²) in [4.78, 5) is 24.1. The fourth-order valence-corrected chi connectivity index (χ4v) is 2.65. The molecule has 0 fully saturated rings. The van der Waals surface area contributed by atoms with Crippen molar-refractivity contribution in [3.8, 4) is 5.75 Å². The van der Waals surface area contributed by atoms with E-state index >= 15 is 0 Å². The van der Waals surface area contributed by atoms with Gasteiger partial charge >= 0.3 is 6.18 Å². The maximum absolute atomic E-state index is 12.9. The van der Waals surface area contributed by atoms with Crippen LogP contribution in [0.5, 0.6) is 5.75 Å². The number of carbonyl (C=O) groups excluding carboxylic acids is 2. The van der Waals surface area contributed by atoms with Gasteiger partial charge in [0.15, 0.2) is 6.10 Å². The minimum absolute atomic E-state index is 0.0802. The van der Waals surface area contributed by atoms with Gasteiger partial charge in [-0.3, -0.25) is 9.59 Å². The molecular formula is C17H12ClF3N2O3. The zero-order chi connectivity index (χ0) is 18.9. The summed E-state index contributed by atoms with van der Waals surface area (Å²) in [6, 6.07) is 9.72. The number of rotatable bonds is 3. The average Bonchev–Trinajstić information content (AvgIpc) is 2.56. The second-order valence-electron chi connectivity index (χ2n) is 5.54. The van der Waals surface area contributed by atoms with Crippen LogP contribution in [0, 0.1) is 0 Å². The van der Waals surface area contributed by atoms with E-state index in [4.69, 9.17) is 16.3 Å². The fourth-order valence-electron chi connectivity index (χ4n) is 2.43. The number of nitrogens with one attached hydrogen (secondary N) is 2. The normalized spacial score (nSPS) is 16.3. The van der Waals surface area contributed by atoms with Crippen LogP contribution in [-0.4, -0.2) is 17.9 Å². The Hall–Kier alpha value is -2.74. The van der Waals surface area contributed by atoms with Crippen LogP contribution in [0.1, 0.15) is 12.0 Å². The van der Waals surface area contributed by atoms with Gasteiger partial charge in [0.05, 0.1) is 22.7 Å². The molecule has 0 unspecified atom stereocenters. The summed E-state index contributed by atoms with van der Waals surface area (Å²) < 4.78 is 44.1. The van der Waals surface area contributed by atoms with Gasteiger partial charge in [0, 0.05) is 5.69 Å². The Morgan fingerprint density at radius 1 is 1.23 bits per heavy atom. The van der Waals surface area contributed by atoms with Crippen LogP contribution in [0.2, 0.25) is 5.02 Å². The van der Waals surface area contributed by atoms with Gasteiger partial charge in [-0.2, -0.15) is 13.2 Å². The largest absolute Gasteiger partial charge is 0.478 e. The van der Waals surface area contributed by atoms with Crippen molar-refractivity contribution in [2.75, 3.05) is 10.6 Å². The summed E-state index contributed by atoms with van der Waals surface area (Å²) in [7, 11) is 0. The van der Waals surface area contributed by atoms with E-state index in [1.165, 1.54) is 6.07 Å². The molecule has 1 atom stereocenters. The van der Waals surface area contributed by atoms with Crippen LogP contribution in [0.15, 0.2) is 42.5 Å². The number of ether oxygens (including phenoxy) is 1. The van der Waals surface area contributed by atoms with E-state index in [0.717, 1.165) is 12.1 Å². The summed E-state index contributed by atoms with van der Waals surface area (Å²) in [6.45, 7) is 0. The van der Waals surface area contributed by atoms with Crippen molar-refractivity contribution in [3.05, 3.63) is 53.1 Å². The molecule has 1 aliphatic rings. The number of anilines is 2. The molecule has 2 aromatic carbocycles. The highest BCUT2D eigenvalue weighted by Gasteiger charge is 2.34. The molecule has 0 spiro atoms. The Bertz CT molecular complexity index is 871. The SMILES string of the molecule is O=C(C[C@@H]1Oc2ccccc2NC1=O)Nc1ccc(Cl)c(C(F)(F)F)c1. The molecule has 2 aromatic rings. The highest BCUT2D eigenvalue weighted by atomic mass is 35.5. The van der Waals surface area contributed by atoms with E-state index < -0.39 is 34.7 Å². The molecule has 0 radical (unpaired) electrons. The molecule has 0 saturated heterocycles. The van der Waals surface area contributed by atoms with Crippen LogP contribution >= 0.6 is 11.6 Å². The highest BCUT2D eigenvalue weighted by molar-refractivity contribution is 6.31. The van der Waals surface area contributed by atoms with Crippen LogP contribution in [0.4, 0.5) is 24.5 Å². The van der Waals surface area contributed by atoms with E-state index in [1.54, 1.807) is 24.3 Å². The summed E-state index contributed by atoms with van der Waals surface area (Å²) in [6.07, 6.45) is -6.09. The number of benzene rings is 2. The topological polar surface area (TPSA) is 67.4 Å². The van der Waals surface area contributed by atoms with Crippen LogP contribution in [-0.2, 0) is 15.8 Å². The Balaban J connectivity index is 1.69. The molecule has 2 N–H and O–H groups in total. The van der Waals surface area contributed by atoms with Gasteiger partial charge in [0.2, 0.25) is 5.91 Å². The molecule has 0 aromatic heterocycles. The van der Waals surface area contributed by atoms with Gasteiger partial charge in [-0.1, -0.05) is 23.7 Å². The lowest BCUT2D eigenvalue weighted by Gasteiger charge is -2.25. The number of para-hydroxylation sites is 2. The van der Waals surface area contributed by atoms with E-state index in [0.29, 0.717) is 11.4 Å². The molecule has 0 saturated carbocycles. The van der Waals surface area contributed by atoms with Crippen molar-refractivity contribution in [1.82, 2.24) is 0 Å². The van der Waals surface area contributed by atoms with Crippen LogP contribution < -0.4 is 15.4 Å². The van der Waals surface area contributed by atoms with E-state index in [1.807, 2.05) is 0 Å². The number of fused-ring (bicyclic) bond motifs is 1. The maximum Gasteiger partial charge on any atom is 0.417 e. The second kappa shape index (κ2) is 6.87. The predicted molar refractivity (Wildman–Crippen MR) is 89.2 cm³/mol. The van der Waals surface area contributed by atoms with Crippen LogP contribution in [0.25, 0.3) is 0 Å². The Labute approximate surface area is 151 Å². The predicted octanol–water partition coefficient (Wildman–Crippen LogP) is 4.09. The second-order valence-corrected chi connectivity index (χ2v) is 5.94.